The van der Waals surface area contributed by atoms with Crippen molar-refractivity contribution in [3.8, 4) is 11.5 Å². The Bertz CT molecular complexity index is 577. The average Bonchev–Trinajstić information content (AvgIpc) is 3.05. The minimum atomic E-state index is 0.709. The number of hydrogen-bond acceptors (Lipinski definition) is 4. The van der Waals surface area contributed by atoms with E-state index in [2.05, 4.69) is 40.3 Å². The summed E-state index contributed by atoms with van der Waals surface area (Å²) in [6, 6.07) is 6.08. The second kappa shape index (κ2) is 9.51. The van der Waals surface area contributed by atoms with E-state index in [0.717, 1.165) is 37.0 Å². The SMILES string of the molecule is CN=C(NCC1CCN(C)C1)N(C)CCc1ccc(OC)c(OC)c1. The molecule has 0 aromatic heterocycles. The zero-order valence-corrected chi connectivity index (χ0v) is 16.2. The number of nitrogens with one attached hydrogen (secondary N) is 1. The topological polar surface area (TPSA) is 49.3 Å². The van der Waals surface area contributed by atoms with Gasteiger partial charge in [0.15, 0.2) is 17.5 Å². The van der Waals surface area contributed by atoms with E-state index in [-0.39, 0.29) is 0 Å². The molecule has 0 spiro atoms. The lowest BCUT2D eigenvalue weighted by atomic mass is 10.1. The van der Waals surface area contributed by atoms with Gasteiger partial charge in [-0.05, 0) is 50.0 Å². The molecule has 1 heterocycles. The molecule has 6 heteroatoms. The molecular weight excluding hydrogens is 316 g/mol. The van der Waals surface area contributed by atoms with E-state index in [1.165, 1.54) is 25.1 Å². The molecule has 0 aliphatic carbocycles. The smallest absolute Gasteiger partial charge is 0.193 e. The number of ether oxygens (including phenoxy) is 2. The molecule has 1 aromatic rings. The minimum absolute atomic E-state index is 0.709. The molecule has 0 radical (unpaired) electrons. The molecule has 140 valence electrons. The Hall–Kier alpha value is -1.95. The fraction of sp³-hybridized carbons (Fsp3) is 0.632. The summed E-state index contributed by atoms with van der Waals surface area (Å²) in [5, 5.41) is 3.51. The van der Waals surface area contributed by atoms with Gasteiger partial charge in [-0.15, -0.1) is 0 Å². The summed E-state index contributed by atoms with van der Waals surface area (Å²) in [6.07, 6.45) is 2.18. The molecule has 0 saturated carbocycles. The molecule has 1 unspecified atom stereocenters. The zero-order valence-electron chi connectivity index (χ0n) is 16.2. The number of aliphatic imine (C=N–C) groups is 1. The van der Waals surface area contributed by atoms with Crippen LogP contribution >= 0.6 is 0 Å². The largest absolute Gasteiger partial charge is 0.493 e. The second-order valence-corrected chi connectivity index (χ2v) is 6.71. The number of likely N-dealkylation sites (N-methyl/N-ethyl adjacent to an activating group) is 1. The van der Waals surface area contributed by atoms with Crippen LogP contribution in [0.5, 0.6) is 11.5 Å². The fourth-order valence-electron chi connectivity index (χ4n) is 3.25. The fourth-order valence-corrected chi connectivity index (χ4v) is 3.25. The van der Waals surface area contributed by atoms with Crippen molar-refractivity contribution >= 4 is 5.96 Å². The Balaban J connectivity index is 1.84. The van der Waals surface area contributed by atoms with Crippen molar-refractivity contribution < 1.29 is 9.47 Å². The van der Waals surface area contributed by atoms with Crippen LogP contribution in [0.15, 0.2) is 23.2 Å². The summed E-state index contributed by atoms with van der Waals surface area (Å²) in [4.78, 5) is 8.98. The third-order valence-electron chi connectivity index (χ3n) is 4.80. The van der Waals surface area contributed by atoms with Crippen LogP contribution in [0.2, 0.25) is 0 Å². The molecule has 1 fully saturated rings. The highest BCUT2D eigenvalue weighted by Gasteiger charge is 2.19. The molecule has 6 nitrogen and oxygen atoms in total. The van der Waals surface area contributed by atoms with Gasteiger partial charge in [0, 0.05) is 33.7 Å². The molecule has 1 N–H and O–H groups in total. The summed E-state index contributed by atoms with van der Waals surface area (Å²) in [7, 11) is 9.43. The van der Waals surface area contributed by atoms with Gasteiger partial charge in [-0.1, -0.05) is 6.07 Å². The zero-order chi connectivity index (χ0) is 18.2. The van der Waals surface area contributed by atoms with Crippen LogP contribution in [0.4, 0.5) is 0 Å². The first-order valence-corrected chi connectivity index (χ1v) is 8.88. The molecule has 0 bridgehead atoms. The van der Waals surface area contributed by atoms with Crippen molar-refractivity contribution in [1.29, 1.82) is 0 Å². The van der Waals surface area contributed by atoms with Crippen molar-refractivity contribution in [2.45, 2.75) is 12.8 Å². The highest BCUT2D eigenvalue weighted by Crippen LogP contribution is 2.27. The number of likely N-dealkylation sites (tertiary alicyclic amines) is 1. The van der Waals surface area contributed by atoms with Crippen LogP contribution in [0, 0.1) is 5.92 Å². The van der Waals surface area contributed by atoms with Gasteiger partial charge < -0.3 is 24.6 Å². The van der Waals surface area contributed by atoms with E-state index in [1.54, 1.807) is 14.2 Å². The molecule has 1 aliphatic heterocycles. The van der Waals surface area contributed by atoms with Gasteiger partial charge in [0.1, 0.15) is 0 Å². The quantitative estimate of drug-likeness (QED) is 0.600. The van der Waals surface area contributed by atoms with Crippen molar-refractivity contribution in [3.05, 3.63) is 23.8 Å². The van der Waals surface area contributed by atoms with Crippen LogP contribution in [-0.2, 0) is 6.42 Å². The summed E-state index contributed by atoms with van der Waals surface area (Å²) in [6.45, 7) is 4.23. The van der Waals surface area contributed by atoms with Crippen LogP contribution < -0.4 is 14.8 Å². The van der Waals surface area contributed by atoms with E-state index in [0.29, 0.717) is 5.92 Å². The molecule has 0 amide bonds. The third kappa shape index (κ3) is 5.53. The van der Waals surface area contributed by atoms with E-state index < -0.39 is 0 Å². The maximum atomic E-state index is 5.38. The number of hydrogen-bond donors (Lipinski definition) is 1. The third-order valence-corrected chi connectivity index (χ3v) is 4.80. The predicted molar refractivity (Wildman–Crippen MR) is 103 cm³/mol. The number of rotatable bonds is 7. The maximum Gasteiger partial charge on any atom is 0.193 e. The Labute approximate surface area is 151 Å². The molecule has 1 aromatic carbocycles. The molecule has 2 rings (SSSR count). The highest BCUT2D eigenvalue weighted by atomic mass is 16.5. The van der Waals surface area contributed by atoms with Gasteiger partial charge in [-0.3, -0.25) is 4.99 Å². The second-order valence-electron chi connectivity index (χ2n) is 6.71. The molecule has 25 heavy (non-hydrogen) atoms. The lowest BCUT2D eigenvalue weighted by Crippen LogP contribution is -2.42. The van der Waals surface area contributed by atoms with Crippen LogP contribution in [-0.4, -0.2) is 77.3 Å². The number of benzene rings is 1. The first-order valence-electron chi connectivity index (χ1n) is 8.88. The van der Waals surface area contributed by atoms with E-state index in [9.17, 15) is 0 Å². The monoisotopic (exact) mass is 348 g/mol. The maximum absolute atomic E-state index is 5.38. The van der Waals surface area contributed by atoms with Crippen LogP contribution in [0.25, 0.3) is 0 Å². The summed E-state index contributed by atoms with van der Waals surface area (Å²) >= 11 is 0. The Morgan fingerprint density at radius 2 is 2.08 bits per heavy atom. The van der Waals surface area contributed by atoms with E-state index >= 15 is 0 Å². The molecule has 1 saturated heterocycles. The summed E-state index contributed by atoms with van der Waals surface area (Å²) in [5.74, 6) is 3.20. The minimum Gasteiger partial charge on any atom is -0.493 e. The predicted octanol–water partition coefficient (Wildman–Crippen LogP) is 1.71. The molecule has 1 atom stereocenters. The highest BCUT2D eigenvalue weighted by molar-refractivity contribution is 5.79. The van der Waals surface area contributed by atoms with Gasteiger partial charge in [0.2, 0.25) is 0 Å². The van der Waals surface area contributed by atoms with E-state index in [4.69, 9.17) is 9.47 Å². The standard InChI is InChI=1S/C19H32N4O2/c1-20-19(21-13-16-8-10-22(2)14-16)23(3)11-9-15-6-7-17(24-4)18(12-15)25-5/h6-7,12,16H,8-11,13-14H2,1-5H3,(H,20,21). The average molecular weight is 348 g/mol. The van der Waals surface area contributed by atoms with Crippen molar-refractivity contribution in [2.24, 2.45) is 10.9 Å². The van der Waals surface area contributed by atoms with Crippen molar-refractivity contribution in [1.82, 2.24) is 15.1 Å². The van der Waals surface area contributed by atoms with Gasteiger partial charge in [0.25, 0.3) is 0 Å². The first kappa shape index (κ1) is 19.4. The summed E-state index contributed by atoms with van der Waals surface area (Å²) in [5.41, 5.74) is 1.22. The number of guanidine groups is 1. The Morgan fingerprint density at radius 1 is 1.32 bits per heavy atom. The van der Waals surface area contributed by atoms with Crippen LogP contribution in [0.3, 0.4) is 0 Å². The molecular formula is C19H32N4O2. The lowest BCUT2D eigenvalue weighted by Gasteiger charge is -2.23. The molecule has 1 aliphatic rings. The first-order chi connectivity index (χ1) is 12.1. The van der Waals surface area contributed by atoms with Crippen LogP contribution in [0.1, 0.15) is 12.0 Å². The lowest BCUT2D eigenvalue weighted by molar-refractivity contribution is 0.354. The number of methoxy groups -OCH3 is 2. The van der Waals surface area contributed by atoms with Gasteiger partial charge in [-0.2, -0.15) is 0 Å². The Kier molecular flexibility index (Phi) is 7.37. The van der Waals surface area contributed by atoms with Gasteiger partial charge in [0.05, 0.1) is 14.2 Å². The van der Waals surface area contributed by atoms with Crippen molar-refractivity contribution in [2.75, 3.05) is 61.5 Å². The normalized spacial score (nSPS) is 18.3. The van der Waals surface area contributed by atoms with Gasteiger partial charge >= 0.3 is 0 Å². The Morgan fingerprint density at radius 3 is 2.68 bits per heavy atom. The van der Waals surface area contributed by atoms with Crippen molar-refractivity contribution in [3.63, 3.8) is 0 Å². The summed E-state index contributed by atoms with van der Waals surface area (Å²) < 4.78 is 10.7. The van der Waals surface area contributed by atoms with Gasteiger partial charge in [-0.25, -0.2) is 0 Å². The number of nitrogens with zero attached hydrogens (tertiary/aromatic N) is 3. The van der Waals surface area contributed by atoms with E-state index in [1.807, 2.05) is 19.2 Å².